The minimum absolute atomic E-state index is 0.329. The number of benzene rings is 1. The number of carboxylic acids is 1. The van der Waals surface area contributed by atoms with Gasteiger partial charge in [0.15, 0.2) is 0 Å². The van der Waals surface area contributed by atoms with Gasteiger partial charge in [-0.25, -0.2) is 4.79 Å². The van der Waals surface area contributed by atoms with Gasteiger partial charge in [0.05, 0.1) is 11.6 Å². The molecule has 3 aliphatic rings. The molecule has 4 atom stereocenters. The van der Waals surface area contributed by atoms with Crippen LogP contribution in [0.3, 0.4) is 0 Å². The molecule has 3 fully saturated rings. The monoisotopic (exact) mass is 424 g/mol. The zero-order chi connectivity index (χ0) is 21.8. The molecule has 4 unspecified atom stereocenters. The molecule has 0 heterocycles. The molecule has 0 saturated heterocycles. The third kappa shape index (κ3) is 5.32. The Bertz CT molecular complexity index is 760. The maximum Gasteiger partial charge on any atom is 0.335 e. The number of nitrogens with one attached hydrogen (secondary N) is 1. The van der Waals surface area contributed by atoms with Crippen molar-refractivity contribution < 1.29 is 9.90 Å². The molecule has 3 aliphatic carbocycles. The van der Waals surface area contributed by atoms with Crippen molar-refractivity contribution >= 4 is 17.5 Å². The molecule has 0 amide bonds. The molecule has 1 aromatic rings. The van der Waals surface area contributed by atoms with Gasteiger partial charge < -0.3 is 10.4 Å². The fourth-order valence-electron chi connectivity index (χ4n) is 6.61. The van der Waals surface area contributed by atoms with Crippen LogP contribution in [0.15, 0.2) is 29.3 Å². The fraction of sp³-hybridized carbons (Fsp3) is 0.704. The van der Waals surface area contributed by atoms with Crippen LogP contribution >= 0.6 is 0 Å². The Balaban J connectivity index is 1.50. The highest BCUT2D eigenvalue weighted by atomic mass is 16.4. The lowest BCUT2D eigenvalue weighted by molar-refractivity contribution is -0.0455. The van der Waals surface area contributed by atoms with Crippen molar-refractivity contribution in [3.63, 3.8) is 0 Å². The molecule has 0 aliphatic heterocycles. The lowest BCUT2D eigenvalue weighted by Gasteiger charge is -2.54. The summed E-state index contributed by atoms with van der Waals surface area (Å²) in [5, 5.41) is 12.8. The van der Waals surface area contributed by atoms with Crippen LogP contribution in [0.25, 0.3) is 0 Å². The van der Waals surface area contributed by atoms with Crippen molar-refractivity contribution in [1.29, 1.82) is 0 Å². The van der Waals surface area contributed by atoms with Gasteiger partial charge in [0, 0.05) is 12.1 Å². The molecule has 0 aromatic heterocycles. The minimum atomic E-state index is -0.879. The van der Waals surface area contributed by atoms with Gasteiger partial charge in [0.1, 0.15) is 5.84 Å². The molecule has 0 radical (unpaired) electrons. The first-order valence-electron chi connectivity index (χ1n) is 12.7. The van der Waals surface area contributed by atoms with Gasteiger partial charge in [-0.1, -0.05) is 65.2 Å². The number of carbonyl (C=O) groups is 1. The zero-order valence-corrected chi connectivity index (χ0v) is 19.4. The van der Waals surface area contributed by atoms with Crippen LogP contribution in [0.5, 0.6) is 0 Å². The van der Waals surface area contributed by atoms with Gasteiger partial charge in [0.25, 0.3) is 0 Å². The summed E-state index contributed by atoms with van der Waals surface area (Å²) in [5.74, 6) is 4.26. The average molecular weight is 425 g/mol. The molecule has 3 saturated carbocycles. The summed E-state index contributed by atoms with van der Waals surface area (Å²) in [5.41, 5.74) is 1.28. The van der Waals surface area contributed by atoms with E-state index in [1.165, 1.54) is 64.2 Å². The van der Waals surface area contributed by atoms with E-state index in [4.69, 9.17) is 4.99 Å². The van der Waals surface area contributed by atoms with Gasteiger partial charge in [-0.3, -0.25) is 4.99 Å². The molecule has 2 N–H and O–H groups in total. The Morgan fingerprint density at radius 2 is 1.55 bits per heavy atom. The lowest BCUT2D eigenvalue weighted by Crippen LogP contribution is -2.49. The van der Waals surface area contributed by atoms with Crippen molar-refractivity contribution in [3.05, 3.63) is 29.8 Å². The first-order chi connectivity index (χ1) is 15.0. The van der Waals surface area contributed by atoms with Gasteiger partial charge in [0.2, 0.25) is 0 Å². The minimum Gasteiger partial charge on any atom is -0.478 e. The third-order valence-corrected chi connectivity index (χ3v) is 8.56. The second-order valence-electron chi connectivity index (χ2n) is 10.4. The van der Waals surface area contributed by atoms with Gasteiger partial charge >= 0.3 is 5.97 Å². The van der Waals surface area contributed by atoms with Crippen LogP contribution in [0, 0.1) is 29.6 Å². The molecule has 31 heavy (non-hydrogen) atoms. The van der Waals surface area contributed by atoms with Crippen LogP contribution in [-0.2, 0) is 0 Å². The molecule has 4 nitrogen and oxygen atoms in total. The van der Waals surface area contributed by atoms with Crippen molar-refractivity contribution in [2.45, 2.75) is 90.5 Å². The summed E-state index contributed by atoms with van der Waals surface area (Å²) in [6, 6.07) is 7.57. The number of anilines is 1. The van der Waals surface area contributed by atoms with E-state index in [-0.39, 0.29) is 0 Å². The topological polar surface area (TPSA) is 61.7 Å². The van der Waals surface area contributed by atoms with E-state index in [0.717, 1.165) is 41.6 Å². The Morgan fingerprint density at radius 3 is 2.16 bits per heavy atom. The van der Waals surface area contributed by atoms with E-state index in [1.807, 2.05) is 12.1 Å². The second kappa shape index (κ2) is 10.2. The number of hydrogen-bond acceptors (Lipinski definition) is 2. The predicted octanol–water partition coefficient (Wildman–Crippen LogP) is 7.02. The molecule has 0 spiro atoms. The fourth-order valence-corrected chi connectivity index (χ4v) is 6.61. The molecule has 1 aromatic carbocycles. The molecule has 4 heteroatoms. The SMILES string of the molecule is CC1C(C)C(C2CCCCC2)C1CC(=NC1CCCCC1)Nc1ccc(C(=O)O)cc1. The number of aliphatic imine (C=N–C) groups is 1. The maximum atomic E-state index is 11.2. The summed E-state index contributed by atoms with van der Waals surface area (Å²) in [6.45, 7) is 4.91. The van der Waals surface area contributed by atoms with Gasteiger partial charge in [-0.05, 0) is 66.7 Å². The molecule has 4 rings (SSSR count). The average Bonchev–Trinajstić information content (AvgIpc) is 2.80. The highest BCUT2D eigenvalue weighted by Crippen LogP contribution is 2.54. The lowest BCUT2D eigenvalue weighted by atomic mass is 9.51. The van der Waals surface area contributed by atoms with Crippen LogP contribution in [-0.4, -0.2) is 23.0 Å². The first kappa shape index (κ1) is 22.4. The van der Waals surface area contributed by atoms with Crippen LogP contribution in [0.2, 0.25) is 0 Å². The van der Waals surface area contributed by atoms with Crippen LogP contribution < -0.4 is 5.32 Å². The Kier molecular flexibility index (Phi) is 7.35. The number of carboxylic acid groups (broad SMARTS) is 1. The van der Waals surface area contributed by atoms with Crippen LogP contribution in [0.4, 0.5) is 5.69 Å². The molecular formula is C27H40N2O2. The van der Waals surface area contributed by atoms with E-state index in [1.54, 1.807) is 12.1 Å². The number of amidine groups is 1. The molecular weight excluding hydrogens is 384 g/mol. The Hall–Kier alpha value is -1.84. The van der Waals surface area contributed by atoms with E-state index in [9.17, 15) is 9.90 Å². The number of rotatable bonds is 6. The van der Waals surface area contributed by atoms with Gasteiger partial charge in [-0.2, -0.15) is 0 Å². The maximum absolute atomic E-state index is 11.2. The van der Waals surface area contributed by atoms with E-state index in [2.05, 4.69) is 19.2 Å². The first-order valence-corrected chi connectivity index (χ1v) is 12.7. The summed E-state index contributed by atoms with van der Waals surface area (Å²) >= 11 is 0. The number of nitrogens with zero attached hydrogens (tertiary/aromatic N) is 1. The highest BCUT2D eigenvalue weighted by Gasteiger charge is 2.48. The van der Waals surface area contributed by atoms with E-state index >= 15 is 0 Å². The summed E-state index contributed by atoms with van der Waals surface area (Å²) in [7, 11) is 0. The smallest absolute Gasteiger partial charge is 0.335 e. The van der Waals surface area contributed by atoms with Crippen molar-refractivity contribution in [2.75, 3.05) is 5.32 Å². The van der Waals surface area contributed by atoms with Gasteiger partial charge in [-0.15, -0.1) is 0 Å². The molecule has 170 valence electrons. The second-order valence-corrected chi connectivity index (χ2v) is 10.4. The normalized spacial score (nSPS) is 30.6. The third-order valence-electron chi connectivity index (χ3n) is 8.56. The summed E-state index contributed by atoms with van der Waals surface area (Å²) in [6.07, 6.45) is 14.4. The van der Waals surface area contributed by atoms with Crippen molar-refractivity contribution in [2.24, 2.45) is 34.6 Å². The Labute approximate surface area is 187 Å². The predicted molar refractivity (Wildman–Crippen MR) is 128 cm³/mol. The number of hydrogen-bond donors (Lipinski definition) is 2. The van der Waals surface area contributed by atoms with E-state index in [0.29, 0.717) is 17.5 Å². The van der Waals surface area contributed by atoms with E-state index < -0.39 is 5.97 Å². The highest BCUT2D eigenvalue weighted by molar-refractivity contribution is 5.96. The van der Waals surface area contributed by atoms with Crippen molar-refractivity contribution in [1.82, 2.24) is 0 Å². The summed E-state index contributed by atoms with van der Waals surface area (Å²) in [4.78, 5) is 16.4. The zero-order valence-electron chi connectivity index (χ0n) is 19.4. The largest absolute Gasteiger partial charge is 0.478 e. The molecule has 0 bridgehead atoms. The number of aromatic carboxylic acids is 1. The van der Waals surface area contributed by atoms with Crippen molar-refractivity contribution in [3.8, 4) is 0 Å². The standard InChI is InChI=1S/C27H40N2O2/c1-18-19(2)26(20-9-5-3-6-10-20)24(18)17-25(28-22-11-7-4-8-12-22)29-23-15-13-21(14-16-23)27(30)31/h13-16,18-20,22,24,26H,3-12,17H2,1-2H3,(H,28,29)(H,30,31). The quantitative estimate of drug-likeness (QED) is 0.381. The summed E-state index contributed by atoms with van der Waals surface area (Å²) < 4.78 is 0. The Morgan fingerprint density at radius 1 is 0.935 bits per heavy atom. The van der Waals surface area contributed by atoms with Crippen LogP contribution in [0.1, 0.15) is 94.8 Å².